The van der Waals surface area contributed by atoms with Gasteiger partial charge in [-0.2, -0.15) is 0 Å². The van der Waals surface area contributed by atoms with E-state index in [-0.39, 0.29) is 0 Å². The van der Waals surface area contributed by atoms with E-state index in [1.165, 1.54) is 11.1 Å². The lowest BCUT2D eigenvalue weighted by atomic mass is 10.1. The summed E-state index contributed by atoms with van der Waals surface area (Å²) in [6.45, 7) is 2.87. The molecule has 1 aromatic carbocycles. The minimum atomic E-state index is 0.586. The molecule has 0 amide bonds. The van der Waals surface area contributed by atoms with E-state index in [4.69, 9.17) is 11.6 Å². The van der Waals surface area contributed by atoms with E-state index in [9.17, 15) is 0 Å². The standard InChI is InChI=1S/C12H14ClN3/c1-10-4-2-3-5-11(10)8-16-9-12(6-7-13)14-15-16/h2-5,9H,6-8H2,1H3. The molecule has 0 radical (unpaired) electrons. The number of nitrogens with zero attached hydrogens (tertiary/aromatic N) is 3. The molecule has 0 N–H and O–H groups in total. The Balaban J connectivity index is 2.11. The highest BCUT2D eigenvalue weighted by Crippen LogP contribution is 2.08. The zero-order chi connectivity index (χ0) is 11.4. The third-order valence-electron chi connectivity index (χ3n) is 2.53. The van der Waals surface area contributed by atoms with Gasteiger partial charge in [0.15, 0.2) is 0 Å². The second-order valence-corrected chi connectivity index (χ2v) is 4.15. The first-order chi connectivity index (χ1) is 7.79. The van der Waals surface area contributed by atoms with E-state index in [1.807, 2.05) is 23.0 Å². The summed E-state index contributed by atoms with van der Waals surface area (Å²) in [5, 5.41) is 8.14. The molecule has 0 saturated heterocycles. The maximum atomic E-state index is 5.65. The molecule has 4 heteroatoms. The minimum absolute atomic E-state index is 0.586. The third kappa shape index (κ3) is 2.61. The van der Waals surface area contributed by atoms with Gasteiger partial charge in [0.05, 0.1) is 12.2 Å². The highest BCUT2D eigenvalue weighted by atomic mass is 35.5. The molecule has 0 fully saturated rings. The topological polar surface area (TPSA) is 30.7 Å². The van der Waals surface area contributed by atoms with Crippen molar-refractivity contribution in [1.29, 1.82) is 0 Å². The van der Waals surface area contributed by atoms with Gasteiger partial charge in [0.25, 0.3) is 0 Å². The minimum Gasteiger partial charge on any atom is -0.248 e. The summed E-state index contributed by atoms with van der Waals surface area (Å²) in [5.74, 6) is 0.586. The smallest absolute Gasteiger partial charge is 0.0839 e. The molecule has 2 rings (SSSR count). The second-order valence-electron chi connectivity index (χ2n) is 3.77. The molecule has 0 aliphatic heterocycles. The molecule has 84 valence electrons. The zero-order valence-electron chi connectivity index (χ0n) is 9.23. The number of aromatic nitrogens is 3. The number of halogens is 1. The maximum absolute atomic E-state index is 5.65. The Morgan fingerprint density at radius 2 is 2.12 bits per heavy atom. The Labute approximate surface area is 100 Å². The van der Waals surface area contributed by atoms with Crippen LogP contribution in [0.2, 0.25) is 0 Å². The van der Waals surface area contributed by atoms with E-state index in [2.05, 4.69) is 29.4 Å². The fourth-order valence-electron chi connectivity index (χ4n) is 1.59. The van der Waals surface area contributed by atoms with E-state index >= 15 is 0 Å². The Hall–Kier alpha value is -1.35. The molecular weight excluding hydrogens is 222 g/mol. The molecule has 1 heterocycles. The lowest BCUT2D eigenvalue weighted by molar-refractivity contribution is 0.647. The molecule has 2 aromatic rings. The summed E-state index contributed by atoms with van der Waals surface area (Å²) in [6, 6.07) is 8.29. The van der Waals surface area contributed by atoms with E-state index in [1.54, 1.807) is 0 Å². The van der Waals surface area contributed by atoms with Gasteiger partial charge < -0.3 is 0 Å². The molecule has 0 atom stereocenters. The van der Waals surface area contributed by atoms with Crippen LogP contribution in [0.15, 0.2) is 30.5 Å². The van der Waals surface area contributed by atoms with Crippen molar-refractivity contribution >= 4 is 11.6 Å². The first-order valence-electron chi connectivity index (χ1n) is 5.29. The van der Waals surface area contributed by atoms with Crippen molar-refractivity contribution in [2.24, 2.45) is 0 Å². The summed E-state index contributed by atoms with van der Waals surface area (Å²) >= 11 is 5.65. The largest absolute Gasteiger partial charge is 0.248 e. The van der Waals surface area contributed by atoms with Crippen LogP contribution in [0, 0.1) is 6.92 Å². The van der Waals surface area contributed by atoms with Gasteiger partial charge in [0.1, 0.15) is 0 Å². The quantitative estimate of drug-likeness (QED) is 0.762. The molecule has 0 spiro atoms. The molecule has 1 aromatic heterocycles. The van der Waals surface area contributed by atoms with E-state index in [0.717, 1.165) is 18.7 Å². The van der Waals surface area contributed by atoms with Crippen LogP contribution in [0.1, 0.15) is 16.8 Å². The summed E-state index contributed by atoms with van der Waals surface area (Å²) in [7, 11) is 0. The number of alkyl halides is 1. The molecule has 16 heavy (non-hydrogen) atoms. The number of benzene rings is 1. The maximum Gasteiger partial charge on any atom is 0.0839 e. The summed E-state index contributed by atoms with van der Waals surface area (Å²) in [4.78, 5) is 0. The average molecular weight is 236 g/mol. The van der Waals surface area contributed by atoms with Crippen LogP contribution >= 0.6 is 11.6 Å². The first kappa shape index (κ1) is 11.1. The molecule has 0 aliphatic rings. The highest BCUT2D eigenvalue weighted by Gasteiger charge is 2.02. The van der Waals surface area contributed by atoms with Crippen LogP contribution in [0.5, 0.6) is 0 Å². The SMILES string of the molecule is Cc1ccccc1Cn1cc(CCCl)nn1. The molecule has 0 saturated carbocycles. The summed E-state index contributed by atoms with van der Waals surface area (Å²) < 4.78 is 1.85. The Morgan fingerprint density at radius 3 is 2.88 bits per heavy atom. The van der Waals surface area contributed by atoms with Gasteiger partial charge in [-0.1, -0.05) is 29.5 Å². The van der Waals surface area contributed by atoms with Gasteiger partial charge in [0.2, 0.25) is 0 Å². The monoisotopic (exact) mass is 235 g/mol. The fourth-order valence-corrected chi connectivity index (χ4v) is 1.78. The van der Waals surface area contributed by atoms with Crippen molar-refractivity contribution in [3.63, 3.8) is 0 Å². The van der Waals surface area contributed by atoms with Crippen LogP contribution in [0.3, 0.4) is 0 Å². The van der Waals surface area contributed by atoms with E-state index < -0.39 is 0 Å². The second kappa shape index (κ2) is 5.12. The molecule has 0 bridgehead atoms. The Morgan fingerprint density at radius 1 is 1.31 bits per heavy atom. The van der Waals surface area contributed by atoms with Crippen LogP contribution in [-0.4, -0.2) is 20.9 Å². The predicted octanol–water partition coefficient (Wildman–Crippen LogP) is 2.42. The molecule has 0 aliphatic carbocycles. The number of hydrogen-bond donors (Lipinski definition) is 0. The normalized spacial score (nSPS) is 10.6. The summed E-state index contributed by atoms with van der Waals surface area (Å²) in [6.07, 6.45) is 2.73. The van der Waals surface area contributed by atoms with Gasteiger partial charge in [-0.25, -0.2) is 4.68 Å². The van der Waals surface area contributed by atoms with Gasteiger partial charge in [-0.3, -0.25) is 0 Å². The third-order valence-corrected chi connectivity index (χ3v) is 2.72. The number of hydrogen-bond acceptors (Lipinski definition) is 2. The highest BCUT2D eigenvalue weighted by molar-refractivity contribution is 6.17. The molecule has 3 nitrogen and oxygen atoms in total. The lowest BCUT2D eigenvalue weighted by Crippen LogP contribution is -2.01. The predicted molar refractivity (Wildman–Crippen MR) is 64.7 cm³/mol. The first-order valence-corrected chi connectivity index (χ1v) is 5.82. The van der Waals surface area contributed by atoms with E-state index in [0.29, 0.717) is 5.88 Å². The van der Waals surface area contributed by atoms with Gasteiger partial charge in [-0.15, -0.1) is 16.7 Å². The van der Waals surface area contributed by atoms with Crippen molar-refractivity contribution in [2.75, 3.05) is 5.88 Å². The van der Waals surface area contributed by atoms with Crippen LogP contribution in [0.25, 0.3) is 0 Å². The Kier molecular flexibility index (Phi) is 3.57. The van der Waals surface area contributed by atoms with Crippen molar-refractivity contribution in [2.45, 2.75) is 19.9 Å². The average Bonchev–Trinajstić information content (AvgIpc) is 2.70. The lowest BCUT2D eigenvalue weighted by Gasteiger charge is -2.04. The van der Waals surface area contributed by atoms with Crippen LogP contribution in [0.4, 0.5) is 0 Å². The molecular formula is C12H14ClN3. The zero-order valence-corrected chi connectivity index (χ0v) is 9.98. The Bertz CT molecular complexity index is 465. The van der Waals surface area contributed by atoms with Crippen molar-refractivity contribution < 1.29 is 0 Å². The van der Waals surface area contributed by atoms with Crippen molar-refractivity contribution in [1.82, 2.24) is 15.0 Å². The van der Waals surface area contributed by atoms with Gasteiger partial charge >= 0.3 is 0 Å². The van der Waals surface area contributed by atoms with Crippen LogP contribution in [-0.2, 0) is 13.0 Å². The number of rotatable bonds is 4. The fraction of sp³-hybridized carbons (Fsp3) is 0.333. The summed E-state index contributed by atoms with van der Waals surface area (Å²) in [5.41, 5.74) is 3.49. The van der Waals surface area contributed by atoms with Crippen molar-refractivity contribution in [3.05, 3.63) is 47.3 Å². The number of aryl methyl sites for hydroxylation is 2. The van der Waals surface area contributed by atoms with Gasteiger partial charge in [-0.05, 0) is 18.1 Å². The molecule has 0 unspecified atom stereocenters. The van der Waals surface area contributed by atoms with Crippen molar-refractivity contribution in [3.8, 4) is 0 Å². The van der Waals surface area contributed by atoms with Crippen LogP contribution < -0.4 is 0 Å². The van der Waals surface area contributed by atoms with Gasteiger partial charge in [0, 0.05) is 18.5 Å².